The average Bonchev–Trinajstić information content (AvgIpc) is 2.72. The summed E-state index contributed by atoms with van der Waals surface area (Å²) >= 11 is 0. The Morgan fingerprint density at radius 3 is 2.33 bits per heavy atom. The zero-order valence-electron chi connectivity index (χ0n) is 18.6. The third kappa shape index (κ3) is 7.21. The maximum absolute atomic E-state index is 13.2. The van der Waals surface area contributed by atoms with Gasteiger partial charge >= 0.3 is 0 Å². The molecule has 0 bridgehead atoms. The standard InChI is InChI=1S/C25H34N2O3/c1-5-23(25(29)26-19(2)3)27(18-21-13-10-9-12-20(21)4)24(28)16-11-17-30-22-14-7-6-8-15-22/h6-10,12-15,19,23H,5,11,16-18H2,1-4H3,(H,26,29)/t23-/m1/s1. The van der Waals surface area contributed by atoms with Crippen LogP contribution in [0.3, 0.4) is 0 Å². The third-order valence-corrected chi connectivity index (χ3v) is 4.97. The lowest BCUT2D eigenvalue weighted by molar-refractivity contribution is -0.141. The average molecular weight is 411 g/mol. The Balaban J connectivity index is 2.07. The molecule has 2 aromatic carbocycles. The Labute approximate surface area is 180 Å². The van der Waals surface area contributed by atoms with Crippen molar-refractivity contribution >= 4 is 11.8 Å². The molecule has 0 aliphatic carbocycles. The summed E-state index contributed by atoms with van der Waals surface area (Å²) in [5.74, 6) is 0.667. The first kappa shape index (κ1) is 23.5. The normalized spacial score (nSPS) is 11.8. The first-order chi connectivity index (χ1) is 14.4. The number of nitrogens with zero attached hydrogens (tertiary/aromatic N) is 1. The number of rotatable bonds is 11. The Kier molecular flexibility index (Phi) is 9.39. The van der Waals surface area contributed by atoms with Crippen LogP contribution in [0.2, 0.25) is 0 Å². The number of hydrogen-bond donors (Lipinski definition) is 1. The largest absolute Gasteiger partial charge is 0.494 e. The summed E-state index contributed by atoms with van der Waals surface area (Å²) in [4.78, 5) is 27.7. The minimum atomic E-state index is -0.491. The second kappa shape index (κ2) is 12.0. The minimum Gasteiger partial charge on any atom is -0.494 e. The van der Waals surface area contributed by atoms with Crippen molar-refractivity contribution in [2.75, 3.05) is 6.61 Å². The molecule has 0 aliphatic heterocycles. The molecule has 5 heteroatoms. The molecule has 162 valence electrons. The summed E-state index contributed by atoms with van der Waals surface area (Å²) in [6.45, 7) is 8.72. The van der Waals surface area contributed by atoms with Crippen LogP contribution in [0.4, 0.5) is 0 Å². The van der Waals surface area contributed by atoms with Gasteiger partial charge in [0.2, 0.25) is 11.8 Å². The van der Waals surface area contributed by atoms with Gasteiger partial charge in [-0.3, -0.25) is 9.59 Å². The van der Waals surface area contributed by atoms with Crippen molar-refractivity contribution in [1.82, 2.24) is 10.2 Å². The lowest BCUT2D eigenvalue weighted by Gasteiger charge is -2.31. The molecule has 30 heavy (non-hydrogen) atoms. The number of carbonyl (C=O) groups is 2. The van der Waals surface area contributed by atoms with Gasteiger partial charge in [-0.05, 0) is 56.9 Å². The third-order valence-electron chi connectivity index (χ3n) is 4.97. The zero-order chi connectivity index (χ0) is 21.9. The first-order valence-corrected chi connectivity index (χ1v) is 10.7. The van der Waals surface area contributed by atoms with Gasteiger partial charge in [0, 0.05) is 19.0 Å². The van der Waals surface area contributed by atoms with Gasteiger partial charge in [0.1, 0.15) is 11.8 Å². The van der Waals surface area contributed by atoms with Crippen LogP contribution in [0.5, 0.6) is 5.75 Å². The minimum absolute atomic E-state index is 0.0272. The van der Waals surface area contributed by atoms with Gasteiger partial charge in [-0.2, -0.15) is 0 Å². The molecule has 2 aromatic rings. The van der Waals surface area contributed by atoms with E-state index in [2.05, 4.69) is 5.32 Å². The van der Waals surface area contributed by atoms with E-state index in [0.717, 1.165) is 16.9 Å². The fraction of sp³-hybridized carbons (Fsp3) is 0.440. The van der Waals surface area contributed by atoms with Crippen molar-refractivity contribution < 1.29 is 14.3 Å². The number of aryl methyl sites for hydroxylation is 1. The molecule has 2 amide bonds. The summed E-state index contributed by atoms with van der Waals surface area (Å²) in [5, 5.41) is 2.96. The van der Waals surface area contributed by atoms with E-state index in [0.29, 0.717) is 32.4 Å². The summed E-state index contributed by atoms with van der Waals surface area (Å²) in [6.07, 6.45) is 1.50. The number of hydrogen-bond acceptors (Lipinski definition) is 3. The number of benzene rings is 2. The van der Waals surface area contributed by atoms with Gasteiger partial charge in [0.25, 0.3) is 0 Å². The van der Waals surface area contributed by atoms with Gasteiger partial charge < -0.3 is 15.0 Å². The highest BCUT2D eigenvalue weighted by Gasteiger charge is 2.28. The van der Waals surface area contributed by atoms with Crippen molar-refractivity contribution in [3.63, 3.8) is 0 Å². The molecule has 0 heterocycles. The quantitative estimate of drug-likeness (QED) is 0.556. The molecule has 0 spiro atoms. The van der Waals surface area contributed by atoms with Crippen LogP contribution in [0, 0.1) is 6.92 Å². The number of amides is 2. The second-order valence-corrected chi connectivity index (χ2v) is 7.80. The molecular formula is C25H34N2O3. The van der Waals surface area contributed by atoms with E-state index in [1.54, 1.807) is 4.90 Å². The molecule has 0 radical (unpaired) electrons. The zero-order valence-corrected chi connectivity index (χ0v) is 18.6. The smallest absolute Gasteiger partial charge is 0.243 e. The van der Waals surface area contributed by atoms with Crippen LogP contribution in [-0.4, -0.2) is 35.4 Å². The lowest BCUT2D eigenvalue weighted by atomic mass is 10.0. The highest BCUT2D eigenvalue weighted by Crippen LogP contribution is 2.17. The van der Waals surface area contributed by atoms with Gasteiger partial charge in [-0.15, -0.1) is 0 Å². The summed E-state index contributed by atoms with van der Waals surface area (Å²) in [7, 11) is 0. The molecule has 0 aliphatic rings. The van der Waals surface area contributed by atoms with E-state index >= 15 is 0 Å². The van der Waals surface area contributed by atoms with Gasteiger partial charge in [0.15, 0.2) is 0 Å². The van der Waals surface area contributed by atoms with E-state index in [9.17, 15) is 9.59 Å². The van der Waals surface area contributed by atoms with Crippen LogP contribution in [0.1, 0.15) is 51.2 Å². The molecule has 0 saturated carbocycles. The highest BCUT2D eigenvalue weighted by molar-refractivity contribution is 5.87. The fourth-order valence-electron chi connectivity index (χ4n) is 3.34. The van der Waals surface area contributed by atoms with Crippen LogP contribution in [0.25, 0.3) is 0 Å². The molecule has 1 N–H and O–H groups in total. The van der Waals surface area contributed by atoms with Crippen molar-refractivity contribution in [2.45, 2.75) is 65.6 Å². The molecule has 0 aromatic heterocycles. The Morgan fingerprint density at radius 1 is 1.03 bits per heavy atom. The summed E-state index contributed by atoms with van der Waals surface area (Å²) in [5.41, 5.74) is 2.17. The van der Waals surface area contributed by atoms with Crippen molar-refractivity contribution in [1.29, 1.82) is 0 Å². The van der Waals surface area contributed by atoms with E-state index in [4.69, 9.17) is 4.74 Å². The monoisotopic (exact) mass is 410 g/mol. The van der Waals surface area contributed by atoms with Gasteiger partial charge in [0.05, 0.1) is 6.61 Å². The van der Waals surface area contributed by atoms with Crippen LogP contribution in [0.15, 0.2) is 54.6 Å². The van der Waals surface area contributed by atoms with Gasteiger partial charge in [-0.1, -0.05) is 49.4 Å². The number of para-hydroxylation sites is 1. The SMILES string of the molecule is CC[C@H](C(=O)NC(C)C)N(Cc1ccccc1C)C(=O)CCCOc1ccccc1. The Bertz CT molecular complexity index is 805. The number of carbonyl (C=O) groups excluding carboxylic acids is 2. The fourth-order valence-corrected chi connectivity index (χ4v) is 3.34. The maximum Gasteiger partial charge on any atom is 0.243 e. The summed E-state index contributed by atoms with van der Waals surface area (Å²) in [6, 6.07) is 17.1. The highest BCUT2D eigenvalue weighted by atomic mass is 16.5. The van der Waals surface area contributed by atoms with E-state index in [-0.39, 0.29) is 17.9 Å². The first-order valence-electron chi connectivity index (χ1n) is 10.7. The molecule has 0 fully saturated rings. The van der Waals surface area contributed by atoms with E-state index in [1.807, 2.05) is 82.3 Å². The molecule has 1 atom stereocenters. The number of ether oxygens (including phenoxy) is 1. The summed E-state index contributed by atoms with van der Waals surface area (Å²) < 4.78 is 5.71. The lowest BCUT2D eigenvalue weighted by Crippen LogP contribution is -2.50. The molecule has 5 nitrogen and oxygen atoms in total. The van der Waals surface area contributed by atoms with E-state index in [1.165, 1.54) is 0 Å². The van der Waals surface area contributed by atoms with Crippen LogP contribution in [-0.2, 0) is 16.1 Å². The van der Waals surface area contributed by atoms with Crippen molar-refractivity contribution in [3.8, 4) is 5.75 Å². The second-order valence-electron chi connectivity index (χ2n) is 7.80. The van der Waals surface area contributed by atoms with Crippen LogP contribution < -0.4 is 10.1 Å². The predicted molar refractivity (Wildman–Crippen MR) is 120 cm³/mol. The predicted octanol–water partition coefficient (Wildman–Crippen LogP) is 4.49. The topological polar surface area (TPSA) is 58.6 Å². The molecule has 0 unspecified atom stereocenters. The van der Waals surface area contributed by atoms with Crippen molar-refractivity contribution in [3.05, 3.63) is 65.7 Å². The molecular weight excluding hydrogens is 376 g/mol. The van der Waals surface area contributed by atoms with Crippen LogP contribution >= 0.6 is 0 Å². The van der Waals surface area contributed by atoms with E-state index < -0.39 is 6.04 Å². The Morgan fingerprint density at radius 2 is 1.70 bits per heavy atom. The van der Waals surface area contributed by atoms with Gasteiger partial charge in [-0.25, -0.2) is 0 Å². The number of nitrogens with one attached hydrogen (secondary N) is 1. The van der Waals surface area contributed by atoms with Crippen molar-refractivity contribution in [2.24, 2.45) is 0 Å². The molecule has 2 rings (SSSR count). The Hall–Kier alpha value is -2.82. The molecule has 0 saturated heterocycles. The maximum atomic E-state index is 13.2.